The van der Waals surface area contributed by atoms with Gasteiger partial charge in [-0.2, -0.15) is 11.3 Å². The van der Waals surface area contributed by atoms with Gasteiger partial charge in [-0.1, -0.05) is 0 Å². The number of thiophene rings is 1. The van der Waals surface area contributed by atoms with Crippen molar-refractivity contribution in [1.82, 2.24) is 5.32 Å². The number of methoxy groups -OCH3 is 1. The minimum absolute atomic E-state index is 0.163. The zero-order valence-electron chi connectivity index (χ0n) is 10.3. The molecule has 1 amide bonds. The van der Waals surface area contributed by atoms with Crippen LogP contribution >= 0.6 is 11.3 Å². The largest absolute Gasteiger partial charge is 0.466 e. The van der Waals surface area contributed by atoms with Gasteiger partial charge in [-0.15, -0.1) is 0 Å². The maximum absolute atomic E-state index is 11.5. The zero-order valence-corrected chi connectivity index (χ0v) is 11.1. The lowest BCUT2D eigenvalue weighted by Gasteiger charge is -2.05. The van der Waals surface area contributed by atoms with E-state index in [1.165, 1.54) is 11.3 Å². The molecule has 0 bridgehead atoms. The minimum Gasteiger partial charge on any atom is -0.466 e. The first-order valence-corrected chi connectivity index (χ1v) is 6.63. The first-order chi connectivity index (χ1) is 8.74. The predicted molar refractivity (Wildman–Crippen MR) is 68.7 cm³/mol. The van der Waals surface area contributed by atoms with Gasteiger partial charge in [0.15, 0.2) is 0 Å². The molecule has 5 nitrogen and oxygen atoms in total. The monoisotopic (exact) mass is 271 g/mol. The van der Waals surface area contributed by atoms with E-state index in [0.29, 0.717) is 25.2 Å². The summed E-state index contributed by atoms with van der Waals surface area (Å²) >= 11 is 1.46. The quantitative estimate of drug-likeness (QED) is 0.574. The maximum Gasteiger partial charge on any atom is 0.307 e. The van der Waals surface area contributed by atoms with Crippen LogP contribution in [0.4, 0.5) is 0 Å². The predicted octanol–water partition coefficient (Wildman–Crippen LogP) is 1.45. The van der Waals surface area contributed by atoms with Crippen LogP contribution in [0, 0.1) is 0 Å². The third-order valence-electron chi connectivity index (χ3n) is 2.15. The molecule has 100 valence electrons. The van der Waals surface area contributed by atoms with Crippen molar-refractivity contribution in [3.63, 3.8) is 0 Å². The molecule has 1 rings (SSSR count). The van der Waals surface area contributed by atoms with Gasteiger partial charge in [0.05, 0.1) is 13.0 Å². The third kappa shape index (κ3) is 5.79. The fraction of sp³-hybridized carbons (Fsp3) is 0.500. The Morgan fingerprint density at radius 2 is 2.22 bits per heavy atom. The van der Waals surface area contributed by atoms with Crippen molar-refractivity contribution < 1.29 is 19.1 Å². The molecule has 0 fully saturated rings. The number of carbonyl (C=O) groups is 2. The highest BCUT2D eigenvalue weighted by atomic mass is 32.1. The van der Waals surface area contributed by atoms with Gasteiger partial charge in [-0.25, -0.2) is 0 Å². The molecule has 0 atom stereocenters. The van der Waals surface area contributed by atoms with Crippen LogP contribution in [0.25, 0.3) is 0 Å². The van der Waals surface area contributed by atoms with Crippen molar-refractivity contribution in [3.05, 3.63) is 22.4 Å². The van der Waals surface area contributed by atoms with Gasteiger partial charge < -0.3 is 14.8 Å². The average Bonchev–Trinajstić information content (AvgIpc) is 2.88. The second-order valence-electron chi connectivity index (χ2n) is 3.58. The van der Waals surface area contributed by atoms with Crippen LogP contribution in [-0.2, 0) is 14.3 Å². The number of hydrogen-bond donors (Lipinski definition) is 1. The number of nitrogens with one attached hydrogen (secondary N) is 1. The molecule has 0 spiro atoms. The van der Waals surface area contributed by atoms with E-state index in [-0.39, 0.29) is 24.8 Å². The Morgan fingerprint density at radius 3 is 2.89 bits per heavy atom. The lowest BCUT2D eigenvalue weighted by atomic mass is 10.3. The molecule has 0 aliphatic rings. The second kappa shape index (κ2) is 8.66. The van der Waals surface area contributed by atoms with Gasteiger partial charge in [-0.05, 0) is 11.4 Å². The molecular weight excluding hydrogens is 254 g/mol. The summed E-state index contributed by atoms with van der Waals surface area (Å²) < 4.78 is 9.78. The van der Waals surface area contributed by atoms with E-state index in [0.717, 1.165) is 0 Å². The number of amides is 1. The Bertz CT molecular complexity index is 364. The van der Waals surface area contributed by atoms with Crippen LogP contribution in [0.2, 0.25) is 0 Å². The first kappa shape index (κ1) is 14.7. The number of rotatable bonds is 8. The fourth-order valence-electron chi connectivity index (χ4n) is 1.24. The Kier molecular flexibility index (Phi) is 7.05. The van der Waals surface area contributed by atoms with E-state index in [4.69, 9.17) is 9.47 Å². The summed E-state index contributed by atoms with van der Waals surface area (Å²) in [6.45, 7) is 1.21. The first-order valence-electron chi connectivity index (χ1n) is 5.69. The van der Waals surface area contributed by atoms with Gasteiger partial charge in [-0.3, -0.25) is 9.59 Å². The molecule has 0 saturated heterocycles. The number of esters is 1. The van der Waals surface area contributed by atoms with E-state index in [1.807, 2.05) is 5.38 Å². The summed E-state index contributed by atoms with van der Waals surface area (Å²) in [4.78, 5) is 22.8. The van der Waals surface area contributed by atoms with Crippen LogP contribution in [-0.4, -0.2) is 38.7 Å². The fourth-order valence-corrected chi connectivity index (χ4v) is 1.87. The Morgan fingerprint density at radius 1 is 1.39 bits per heavy atom. The molecule has 18 heavy (non-hydrogen) atoms. The Balaban J connectivity index is 2.07. The molecule has 0 radical (unpaired) electrons. The molecule has 0 aromatic carbocycles. The summed E-state index contributed by atoms with van der Waals surface area (Å²) in [6, 6.07) is 1.74. The van der Waals surface area contributed by atoms with Crippen LogP contribution in [0.1, 0.15) is 23.2 Å². The highest BCUT2D eigenvalue weighted by molar-refractivity contribution is 7.08. The van der Waals surface area contributed by atoms with E-state index in [1.54, 1.807) is 18.6 Å². The molecule has 0 aliphatic carbocycles. The molecule has 1 aromatic heterocycles. The van der Waals surface area contributed by atoms with Crippen molar-refractivity contribution in [2.45, 2.75) is 12.8 Å². The van der Waals surface area contributed by atoms with Crippen molar-refractivity contribution in [2.24, 2.45) is 0 Å². The Labute approximate surface area is 110 Å². The summed E-state index contributed by atoms with van der Waals surface area (Å²) in [5.41, 5.74) is 0.619. The van der Waals surface area contributed by atoms with Crippen molar-refractivity contribution >= 4 is 23.2 Å². The van der Waals surface area contributed by atoms with E-state index < -0.39 is 0 Å². The SMILES string of the molecule is COCCCOC(=O)CCNC(=O)c1ccsc1. The standard InChI is InChI=1S/C12H17NO4S/c1-16-6-2-7-17-11(14)3-5-13-12(15)10-4-8-18-9-10/h4,8-9H,2-3,5-7H2,1H3,(H,13,15). The molecule has 0 aliphatic heterocycles. The Hall–Kier alpha value is -1.40. The highest BCUT2D eigenvalue weighted by Gasteiger charge is 2.07. The van der Waals surface area contributed by atoms with Crippen molar-refractivity contribution in [1.29, 1.82) is 0 Å². The zero-order chi connectivity index (χ0) is 13.2. The molecule has 1 heterocycles. The van der Waals surface area contributed by atoms with Gasteiger partial charge >= 0.3 is 5.97 Å². The summed E-state index contributed by atoms with van der Waals surface area (Å²) in [7, 11) is 1.60. The smallest absolute Gasteiger partial charge is 0.307 e. The van der Waals surface area contributed by atoms with Gasteiger partial charge in [0.2, 0.25) is 0 Å². The summed E-state index contributed by atoms with van der Waals surface area (Å²) in [5, 5.41) is 6.25. The van der Waals surface area contributed by atoms with Crippen LogP contribution in [0.15, 0.2) is 16.8 Å². The molecule has 1 N–H and O–H groups in total. The van der Waals surface area contributed by atoms with Crippen molar-refractivity contribution in [2.75, 3.05) is 26.9 Å². The number of ether oxygens (including phenoxy) is 2. The number of carbonyl (C=O) groups excluding carboxylic acids is 2. The average molecular weight is 271 g/mol. The maximum atomic E-state index is 11.5. The van der Waals surface area contributed by atoms with Crippen LogP contribution in [0.3, 0.4) is 0 Å². The normalized spacial score (nSPS) is 10.1. The molecule has 0 unspecified atom stereocenters. The van der Waals surface area contributed by atoms with Gasteiger partial charge in [0, 0.05) is 37.6 Å². The lowest BCUT2D eigenvalue weighted by molar-refractivity contribution is -0.143. The molecule has 0 saturated carbocycles. The molecule has 1 aromatic rings. The van der Waals surface area contributed by atoms with E-state index in [9.17, 15) is 9.59 Å². The summed E-state index contributed by atoms with van der Waals surface area (Å²) in [6.07, 6.45) is 0.867. The van der Waals surface area contributed by atoms with Crippen LogP contribution in [0.5, 0.6) is 0 Å². The number of hydrogen-bond acceptors (Lipinski definition) is 5. The van der Waals surface area contributed by atoms with Crippen LogP contribution < -0.4 is 5.32 Å². The van der Waals surface area contributed by atoms with Gasteiger partial charge in [0.25, 0.3) is 5.91 Å². The molecule has 6 heteroatoms. The third-order valence-corrected chi connectivity index (χ3v) is 2.84. The van der Waals surface area contributed by atoms with E-state index >= 15 is 0 Å². The topological polar surface area (TPSA) is 64.6 Å². The summed E-state index contributed by atoms with van der Waals surface area (Å²) in [5.74, 6) is -0.472. The molecular formula is C12H17NO4S. The second-order valence-corrected chi connectivity index (χ2v) is 4.36. The highest BCUT2D eigenvalue weighted by Crippen LogP contribution is 2.05. The van der Waals surface area contributed by atoms with Gasteiger partial charge in [0.1, 0.15) is 0 Å². The lowest BCUT2D eigenvalue weighted by Crippen LogP contribution is -2.26. The van der Waals surface area contributed by atoms with Crippen molar-refractivity contribution in [3.8, 4) is 0 Å². The van der Waals surface area contributed by atoms with E-state index in [2.05, 4.69) is 5.32 Å². The minimum atomic E-state index is -0.309.